The van der Waals surface area contributed by atoms with Crippen molar-refractivity contribution in [2.45, 2.75) is 0 Å². The summed E-state index contributed by atoms with van der Waals surface area (Å²) in [5.74, 6) is 2.64. The zero-order valence-electron chi connectivity index (χ0n) is 12.1. The van der Waals surface area contributed by atoms with Crippen LogP contribution in [0.25, 0.3) is 0 Å². The van der Waals surface area contributed by atoms with Crippen LogP contribution in [-0.4, -0.2) is 36.9 Å². The topological polar surface area (TPSA) is 36.9 Å². The number of ether oxygens (including phenoxy) is 1. The van der Waals surface area contributed by atoms with Gasteiger partial charge < -0.3 is 15.0 Å². The Kier molecular flexibility index (Phi) is 3.60. The number of hydrogen-bond acceptors (Lipinski definition) is 4. The third-order valence-electron chi connectivity index (χ3n) is 3.91. The van der Waals surface area contributed by atoms with Crippen molar-refractivity contribution in [1.82, 2.24) is 10.2 Å². The molecule has 0 bridgehead atoms. The maximum absolute atomic E-state index is 6.10. The predicted octanol–water partition coefficient (Wildman–Crippen LogP) is 3.54. The second-order valence-corrected chi connectivity index (χ2v) is 6.30. The van der Waals surface area contributed by atoms with Gasteiger partial charge in [0.05, 0.1) is 5.56 Å². The lowest BCUT2D eigenvalue weighted by molar-refractivity contribution is 0.357. The summed E-state index contributed by atoms with van der Waals surface area (Å²) in [6.45, 7) is 3.86. The van der Waals surface area contributed by atoms with Crippen molar-refractivity contribution in [3.8, 4) is 11.5 Å². The standard InChI is InChI=1S/C17H16BrN3O/c18-12-5-6-15-13(11-12)17(21-9-7-19-8-10-21)20-14-3-1-2-4-16(14)22-15/h1-6,11,19H,7-10H2. The van der Waals surface area contributed by atoms with E-state index < -0.39 is 0 Å². The van der Waals surface area contributed by atoms with Crippen LogP contribution < -0.4 is 10.1 Å². The highest BCUT2D eigenvalue weighted by molar-refractivity contribution is 9.10. The molecule has 2 aliphatic heterocycles. The van der Waals surface area contributed by atoms with Crippen molar-refractivity contribution in [2.24, 2.45) is 4.99 Å². The Bertz CT molecular complexity index is 738. The van der Waals surface area contributed by atoms with E-state index in [-0.39, 0.29) is 0 Å². The van der Waals surface area contributed by atoms with Gasteiger partial charge in [0.25, 0.3) is 0 Å². The lowest BCUT2D eigenvalue weighted by atomic mass is 10.1. The fraction of sp³-hybridized carbons (Fsp3) is 0.235. The third kappa shape index (κ3) is 2.51. The predicted molar refractivity (Wildman–Crippen MR) is 91.3 cm³/mol. The summed E-state index contributed by atoms with van der Waals surface area (Å²) in [7, 11) is 0. The Morgan fingerprint density at radius 3 is 2.73 bits per heavy atom. The van der Waals surface area contributed by atoms with Crippen LogP contribution in [0.5, 0.6) is 11.5 Å². The average molecular weight is 358 g/mol. The van der Waals surface area contributed by atoms with E-state index in [1.54, 1.807) is 0 Å². The van der Waals surface area contributed by atoms with Crippen molar-refractivity contribution < 1.29 is 4.74 Å². The Morgan fingerprint density at radius 1 is 1.05 bits per heavy atom. The Balaban J connectivity index is 1.88. The monoisotopic (exact) mass is 357 g/mol. The number of fused-ring (bicyclic) bond motifs is 2. The molecule has 1 N–H and O–H groups in total. The summed E-state index contributed by atoms with van der Waals surface area (Å²) in [6.07, 6.45) is 0. The minimum atomic E-state index is 0.802. The molecule has 0 aromatic heterocycles. The molecule has 0 saturated carbocycles. The highest BCUT2D eigenvalue weighted by atomic mass is 79.9. The average Bonchev–Trinajstić information content (AvgIpc) is 2.72. The van der Waals surface area contributed by atoms with Crippen molar-refractivity contribution in [3.63, 3.8) is 0 Å². The van der Waals surface area contributed by atoms with Gasteiger partial charge in [-0.05, 0) is 30.3 Å². The summed E-state index contributed by atoms with van der Waals surface area (Å²) >= 11 is 3.56. The molecule has 0 amide bonds. The fourth-order valence-corrected chi connectivity index (χ4v) is 3.17. The molecule has 112 valence electrons. The van der Waals surface area contributed by atoms with E-state index in [1.165, 1.54) is 0 Å². The van der Waals surface area contributed by atoms with Crippen LogP contribution in [0.3, 0.4) is 0 Å². The molecule has 2 aromatic carbocycles. The summed E-state index contributed by atoms with van der Waals surface area (Å²) in [5.41, 5.74) is 1.91. The van der Waals surface area contributed by atoms with Gasteiger partial charge >= 0.3 is 0 Å². The second kappa shape index (κ2) is 5.74. The van der Waals surface area contributed by atoms with Gasteiger partial charge in [-0.15, -0.1) is 0 Å². The van der Waals surface area contributed by atoms with E-state index in [9.17, 15) is 0 Å². The van der Waals surface area contributed by atoms with Gasteiger partial charge in [-0.1, -0.05) is 28.1 Å². The first-order valence-electron chi connectivity index (χ1n) is 7.42. The normalized spacial score (nSPS) is 17.0. The summed E-state index contributed by atoms with van der Waals surface area (Å²) in [4.78, 5) is 7.24. The van der Waals surface area contributed by atoms with E-state index in [0.29, 0.717) is 0 Å². The molecule has 1 fully saturated rings. The van der Waals surface area contributed by atoms with Crippen molar-refractivity contribution in [2.75, 3.05) is 26.2 Å². The molecule has 1 saturated heterocycles. The van der Waals surface area contributed by atoms with Crippen LogP contribution in [0.2, 0.25) is 0 Å². The van der Waals surface area contributed by atoms with Gasteiger partial charge in [-0.3, -0.25) is 0 Å². The first-order valence-corrected chi connectivity index (χ1v) is 8.22. The number of benzene rings is 2. The molecule has 2 aromatic rings. The molecule has 0 radical (unpaired) electrons. The van der Waals surface area contributed by atoms with Gasteiger partial charge in [-0.2, -0.15) is 0 Å². The molecule has 4 nitrogen and oxygen atoms in total. The molecule has 2 aliphatic rings. The van der Waals surface area contributed by atoms with Crippen molar-refractivity contribution in [1.29, 1.82) is 0 Å². The number of amidine groups is 1. The summed E-state index contributed by atoms with van der Waals surface area (Å²) < 4.78 is 7.13. The molecule has 22 heavy (non-hydrogen) atoms. The Morgan fingerprint density at radius 2 is 1.86 bits per heavy atom. The number of para-hydroxylation sites is 2. The van der Waals surface area contributed by atoms with E-state index in [1.807, 2.05) is 36.4 Å². The largest absolute Gasteiger partial charge is 0.454 e. The molecule has 0 spiro atoms. The number of rotatable bonds is 0. The number of aliphatic imine (C=N–C) groups is 1. The second-order valence-electron chi connectivity index (χ2n) is 5.38. The molecular formula is C17H16BrN3O. The van der Waals surface area contributed by atoms with E-state index in [2.05, 4.69) is 32.2 Å². The Labute approximate surface area is 137 Å². The zero-order valence-corrected chi connectivity index (χ0v) is 13.6. The smallest absolute Gasteiger partial charge is 0.153 e. The quantitative estimate of drug-likeness (QED) is 0.783. The highest BCUT2D eigenvalue weighted by Gasteiger charge is 2.23. The van der Waals surface area contributed by atoms with Gasteiger partial charge in [0.2, 0.25) is 0 Å². The summed E-state index contributed by atoms with van der Waals surface area (Å²) in [6, 6.07) is 14.0. The van der Waals surface area contributed by atoms with Crippen LogP contribution in [0, 0.1) is 0 Å². The lowest BCUT2D eigenvalue weighted by Gasteiger charge is -2.30. The van der Waals surface area contributed by atoms with Gasteiger partial charge in [0, 0.05) is 30.7 Å². The minimum Gasteiger partial charge on any atom is -0.454 e. The van der Waals surface area contributed by atoms with E-state index in [0.717, 1.165) is 59.2 Å². The molecule has 2 heterocycles. The minimum absolute atomic E-state index is 0.802. The van der Waals surface area contributed by atoms with Gasteiger partial charge in [0.1, 0.15) is 17.3 Å². The van der Waals surface area contributed by atoms with Gasteiger partial charge in [0.15, 0.2) is 5.75 Å². The first kappa shape index (κ1) is 13.8. The number of nitrogens with zero attached hydrogens (tertiary/aromatic N) is 2. The van der Waals surface area contributed by atoms with Crippen molar-refractivity contribution in [3.05, 3.63) is 52.5 Å². The molecule has 0 aliphatic carbocycles. The highest BCUT2D eigenvalue weighted by Crippen LogP contribution is 2.38. The fourth-order valence-electron chi connectivity index (χ4n) is 2.81. The Hall–Kier alpha value is -1.85. The maximum Gasteiger partial charge on any atom is 0.153 e. The van der Waals surface area contributed by atoms with E-state index in [4.69, 9.17) is 9.73 Å². The van der Waals surface area contributed by atoms with Gasteiger partial charge in [-0.25, -0.2) is 4.99 Å². The molecule has 4 rings (SSSR count). The molecular weight excluding hydrogens is 342 g/mol. The van der Waals surface area contributed by atoms with Crippen LogP contribution >= 0.6 is 15.9 Å². The first-order chi connectivity index (χ1) is 10.8. The third-order valence-corrected chi connectivity index (χ3v) is 4.40. The zero-order chi connectivity index (χ0) is 14.9. The lowest BCUT2D eigenvalue weighted by Crippen LogP contribution is -2.46. The SMILES string of the molecule is Brc1ccc2c(c1)C(N1CCNCC1)=Nc1ccccc1O2. The maximum atomic E-state index is 6.10. The van der Waals surface area contributed by atoms with Crippen LogP contribution in [0.15, 0.2) is 51.9 Å². The number of halogens is 1. The van der Waals surface area contributed by atoms with E-state index >= 15 is 0 Å². The number of nitrogens with one attached hydrogen (secondary N) is 1. The van der Waals surface area contributed by atoms with Crippen LogP contribution in [-0.2, 0) is 0 Å². The van der Waals surface area contributed by atoms with Crippen LogP contribution in [0.1, 0.15) is 5.56 Å². The molecule has 0 unspecified atom stereocenters. The summed E-state index contributed by atoms with van der Waals surface area (Å²) in [5, 5.41) is 3.39. The molecule has 5 heteroatoms. The molecule has 0 atom stereocenters. The number of piperazine rings is 1. The van der Waals surface area contributed by atoms with Crippen molar-refractivity contribution >= 4 is 27.5 Å². The van der Waals surface area contributed by atoms with Crippen LogP contribution in [0.4, 0.5) is 5.69 Å². The number of hydrogen-bond donors (Lipinski definition) is 1.